The molecule has 1 aliphatic rings. The monoisotopic (exact) mass is 227 g/mol. The minimum Gasteiger partial charge on any atom is -0.367 e. The van der Waals surface area contributed by atoms with Gasteiger partial charge < -0.3 is 10.6 Å². The number of aromatic nitrogens is 1. The van der Waals surface area contributed by atoms with E-state index in [0.29, 0.717) is 12.6 Å². The van der Waals surface area contributed by atoms with E-state index >= 15 is 0 Å². The van der Waals surface area contributed by atoms with Crippen molar-refractivity contribution in [2.24, 2.45) is 5.73 Å². The molecule has 2 aromatic rings. The molecule has 88 valence electrons. The molecule has 1 aromatic carbocycles. The van der Waals surface area contributed by atoms with Gasteiger partial charge in [-0.3, -0.25) is 4.98 Å². The van der Waals surface area contributed by atoms with Gasteiger partial charge in [-0.05, 0) is 25.0 Å². The Morgan fingerprint density at radius 2 is 2.06 bits per heavy atom. The summed E-state index contributed by atoms with van der Waals surface area (Å²) < 4.78 is 0. The molecular formula is C14H17N3. The molecular weight excluding hydrogens is 210 g/mol. The average Bonchev–Trinajstić information content (AvgIpc) is 3.20. The Balaban J connectivity index is 2.08. The van der Waals surface area contributed by atoms with Crippen LogP contribution in [0.5, 0.6) is 0 Å². The van der Waals surface area contributed by atoms with E-state index in [0.717, 1.165) is 12.1 Å². The second-order valence-electron chi connectivity index (χ2n) is 4.56. The maximum atomic E-state index is 5.72. The quantitative estimate of drug-likeness (QED) is 0.870. The summed E-state index contributed by atoms with van der Waals surface area (Å²) in [5.74, 6) is 0. The summed E-state index contributed by atoms with van der Waals surface area (Å²) in [6, 6.07) is 11.1. The fourth-order valence-electron chi connectivity index (χ4n) is 2.36. The van der Waals surface area contributed by atoms with E-state index < -0.39 is 0 Å². The summed E-state index contributed by atoms with van der Waals surface area (Å²) in [5, 5.41) is 1.23. The van der Waals surface area contributed by atoms with E-state index in [2.05, 4.69) is 34.1 Å². The van der Waals surface area contributed by atoms with E-state index in [1.54, 1.807) is 0 Å². The van der Waals surface area contributed by atoms with Gasteiger partial charge in [-0.1, -0.05) is 18.2 Å². The first-order valence-electron chi connectivity index (χ1n) is 6.20. The zero-order valence-electron chi connectivity index (χ0n) is 9.84. The van der Waals surface area contributed by atoms with E-state index in [1.807, 2.05) is 12.3 Å². The van der Waals surface area contributed by atoms with Crippen molar-refractivity contribution >= 4 is 16.6 Å². The molecule has 0 saturated heterocycles. The highest BCUT2D eigenvalue weighted by Gasteiger charge is 2.29. The lowest BCUT2D eigenvalue weighted by molar-refractivity contribution is 0.788. The molecule has 0 atom stereocenters. The highest BCUT2D eigenvalue weighted by Crippen LogP contribution is 2.34. The lowest BCUT2D eigenvalue weighted by Gasteiger charge is -2.25. The van der Waals surface area contributed by atoms with Crippen molar-refractivity contribution in [2.75, 3.05) is 18.0 Å². The maximum absolute atomic E-state index is 5.72. The zero-order chi connectivity index (χ0) is 11.7. The van der Waals surface area contributed by atoms with E-state index in [1.165, 1.54) is 23.9 Å². The molecule has 0 unspecified atom stereocenters. The smallest absolute Gasteiger partial charge is 0.0722 e. The number of hydrogen-bond acceptors (Lipinski definition) is 3. The van der Waals surface area contributed by atoms with Crippen LogP contribution in [0.4, 0.5) is 5.69 Å². The topological polar surface area (TPSA) is 42.1 Å². The molecule has 1 fully saturated rings. The third-order valence-electron chi connectivity index (χ3n) is 3.29. The number of fused-ring (bicyclic) bond motifs is 1. The molecule has 3 rings (SSSR count). The van der Waals surface area contributed by atoms with Crippen LogP contribution in [-0.2, 0) is 0 Å². The standard InChI is InChI=1S/C14H17N3/c15-8-10-17(11-5-6-11)14-7-9-16-13-4-2-1-3-12(13)14/h1-4,7,9,11H,5-6,8,10,15H2. The second-order valence-corrected chi connectivity index (χ2v) is 4.56. The molecule has 0 amide bonds. The maximum Gasteiger partial charge on any atom is 0.0722 e. The van der Waals surface area contributed by atoms with Gasteiger partial charge in [0.05, 0.1) is 5.52 Å². The Morgan fingerprint density at radius 3 is 2.82 bits per heavy atom. The van der Waals surface area contributed by atoms with Crippen LogP contribution in [0.15, 0.2) is 36.5 Å². The van der Waals surface area contributed by atoms with Gasteiger partial charge in [0.1, 0.15) is 0 Å². The number of pyridine rings is 1. The summed E-state index contributed by atoms with van der Waals surface area (Å²) in [6.45, 7) is 1.63. The average molecular weight is 227 g/mol. The van der Waals surface area contributed by atoms with Gasteiger partial charge in [-0.25, -0.2) is 0 Å². The fraction of sp³-hybridized carbons (Fsp3) is 0.357. The van der Waals surface area contributed by atoms with Crippen LogP contribution in [0, 0.1) is 0 Å². The minimum absolute atomic E-state index is 0.685. The van der Waals surface area contributed by atoms with Gasteiger partial charge in [0.15, 0.2) is 0 Å². The van der Waals surface area contributed by atoms with Gasteiger partial charge in [0, 0.05) is 36.4 Å². The number of benzene rings is 1. The first-order valence-corrected chi connectivity index (χ1v) is 6.20. The first kappa shape index (κ1) is 10.5. The first-order chi connectivity index (χ1) is 8.40. The SMILES string of the molecule is NCCN(c1ccnc2ccccc12)C1CC1. The van der Waals surface area contributed by atoms with Crippen LogP contribution >= 0.6 is 0 Å². The third kappa shape index (κ3) is 1.98. The fourth-order valence-corrected chi connectivity index (χ4v) is 2.36. The summed E-state index contributed by atoms with van der Waals surface area (Å²) >= 11 is 0. The van der Waals surface area contributed by atoms with Crippen LogP contribution in [0.3, 0.4) is 0 Å². The molecule has 0 radical (unpaired) electrons. The summed E-state index contributed by atoms with van der Waals surface area (Å²) in [4.78, 5) is 6.84. The number of para-hydroxylation sites is 1. The van der Waals surface area contributed by atoms with Crippen molar-refractivity contribution in [3.05, 3.63) is 36.5 Å². The van der Waals surface area contributed by atoms with Crippen LogP contribution in [0.1, 0.15) is 12.8 Å². The zero-order valence-corrected chi connectivity index (χ0v) is 9.84. The molecule has 3 heteroatoms. The number of rotatable bonds is 4. The molecule has 3 nitrogen and oxygen atoms in total. The van der Waals surface area contributed by atoms with Crippen molar-refractivity contribution in [1.82, 2.24) is 4.98 Å². The summed E-state index contributed by atoms with van der Waals surface area (Å²) in [6.07, 6.45) is 4.47. The molecule has 1 saturated carbocycles. The predicted octanol–water partition coefficient (Wildman–Crippen LogP) is 2.16. The predicted molar refractivity (Wildman–Crippen MR) is 71.2 cm³/mol. The summed E-state index contributed by atoms with van der Waals surface area (Å²) in [5.41, 5.74) is 8.06. The Morgan fingerprint density at radius 1 is 1.24 bits per heavy atom. The normalized spacial score (nSPS) is 15.1. The van der Waals surface area contributed by atoms with E-state index in [9.17, 15) is 0 Å². The minimum atomic E-state index is 0.685. The number of anilines is 1. The molecule has 1 aromatic heterocycles. The Kier molecular flexibility index (Phi) is 2.69. The molecule has 0 bridgehead atoms. The van der Waals surface area contributed by atoms with Gasteiger partial charge in [-0.15, -0.1) is 0 Å². The third-order valence-corrected chi connectivity index (χ3v) is 3.29. The number of nitrogens with two attached hydrogens (primary N) is 1. The highest BCUT2D eigenvalue weighted by molar-refractivity contribution is 5.91. The van der Waals surface area contributed by atoms with Crippen LogP contribution in [0.2, 0.25) is 0 Å². The molecule has 2 N–H and O–H groups in total. The molecule has 0 aliphatic heterocycles. The van der Waals surface area contributed by atoms with Gasteiger partial charge in [0.2, 0.25) is 0 Å². The van der Waals surface area contributed by atoms with Crippen molar-refractivity contribution in [2.45, 2.75) is 18.9 Å². The van der Waals surface area contributed by atoms with Gasteiger partial charge >= 0.3 is 0 Å². The van der Waals surface area contributed by atoms with Crippen molar-refractivity contribution in [3.63, 3.8) is 0 Å². The lowest BCUT2D eigenvalue weighted by Crippen LogP contribution is -2.31. The highest BCUT2D eigenvalue weighted by atomic mass is 15.2. The van der Waals surface area contributed by atoms with Crippen LogP contribution in [-0.4, -0.2) is 24.1 Å². The van der Waals surface area contributed by atoms with Gasteiger partial charge in [0.25, 0.3) is 0 Å². The summed E-state index contributed by atoms with van der Waals surface area (Å²) in [7, 11) is 0. The Labute approximate surface area is 101 Å². The Bertz CT molecular complexity index is 514. The van der Waals surface area contributed by atoms with Crippen molar-refractivity contribution in [3.8, 4) is 0 Å². The van der Waals surface area contributed by atoms with E-state index in [-0.39, 0.29) is 0 Å². The largest absolute Gasteiger partial charge is 0.367 e. The van der Waals surface area contributed by atoms with E-state index in [4.69, 9.17) is 5.73 Å². The lowest BCUT2D eigenvalue weighted by atomic mass is 10.1. The molecule has 1 heterocycles. The van der Waals surface area contributed by atoms with Crippen molar-refractivity contribution < 1.29 is 0 Å². The van der Waals surface area contributed by atoms with Crippen LogP contribution in [0.25, 0.3) is 10.9 Å². The Hall–Kier alpha value is -1.61. The number of nitrogens with zero attached hydrogens (tertiary/aromatic N) is 2. The second kappa shape index (κ2) is 4.34. The van der Waals surface area contributed by atoms with Gasteiger partial charge in [-0.2, -0.15) is 0 Å². The number of hydrogen-bond donors (Lipinski definition) is 1. The molecule has 0 spiro atoms. The molecule has 17 heavy (non-hydrogen) atoms. The van der Waals surface area contributed by atoms with Crippen LogP contribution < -0.4 is 10.6 Å². The molecule has 1 aliphatic carbocycles. The van der Waals surface area contributed by atoms with Crippen molar-refractivity contribution in [1.29, 1.82) is 0 Å².